The van der Waals surface area contributed by atoms with Crippen molar-refractivity contribution in [2.75, 3.05) is 26.2 Å². The van der Waals surface area contributed by atoms with Crippen LogP contribution in [0.15, 0.2) is 59.6 Å². The topological polar surface area (TPSA) is 80.8 Å². The van der Waals surface area contributed by atoms with E-state index in [1.807, 2.05) is 55.5 Å². The average Bonchev–Trinajstić information content (AvgIpc) is 3.49. The quantitative estimate of drug-likeness (QED) is 0.597. The maximum absolute atomic E-state index is 13.2. The van der Waals surface area contributed by atoms with Crippen LogP contribution >= 0.6 is 0 Å². The molecule has 1 atom stereocenters. The Balaban J connectivity index is 1.36. The molecule has 1 fully saturated rings. The molecule has 0 spiro atoms. The predicted octanol–water partition coefficient (Wildman–Crippen LogP) is 4.04. The summed E-state index contributed by atoms with van der Waals surface area (Å²) in [6, 6.07) is 15.2. The van der Waals surface area contributed by atoms with Crippen LogP contribution in [0, 0.1) is 6.92 Å². The summed E-state index contributed by atoms with van der Waals surface area (Å²) in [5, 5.41) is 3.00. The number of benzene rings is 2. The highest BCUT2D eigenvalue weighted by atomic mass is 32.2. The first-order valence-electron chi connectivity index (χ1n) is 10.8. The van der Waals surface area contributed by atoms with Crippen LogP contribution in [0.2, 0.25) is 0 Å². The molecule has 8 heteroatoms. The summed E-state index contributed by atoms with van der Waals surface area (Å²) in [5.74, 6) is 1.84. The number of hydrogen-bond donors (Lipinski definition) is 1. The zero-order valence-electron chi connectivity index (χ0n) is 18.8. The number of amides is 1. The van der Waals surface area contributed by atoms with E-state index in [0.717, 1.165) is 40.0 Å². The van der Waals surface area contributed by atoms with E-state index in [1.54, 1.807) is 24.6 Å². The van der Waals surface area contributed by atoms with Gasteiger partial charge >= 0.3 is 0 Å². The van der Waals surface area contributed by atoms with Gasteiger partial charge in [-0.15, -0.1) is 0 Å². The average molecular weight is 464 g/mol. The smallest absolute Gasteiger partial charge is 0.236 e. The summed E-state index contributed by atoms with van der Waals surface area (Å²) in [7, 11) is 2.34. The molecule has 1 aliphatic heterocycles. The second kappa shape index (κ2) is 8.28. The molecule has 7 nitrogen and oxygen atoms in total. The van der Waals surface area contributed by atoms with Crippen LogP contribution in [0.4, 0.5) is 5.82 Å². The Morgan fingerprint density at radius 2 is 1.88 bits per heavy atom. The van der Waals surface area contributed by atoms with Crippen molar-refractivity contribution in [2.45, 2.75) is 30.1 Å². The van der Waals surface area contributed by atoms with Crippen molar-refractivity contribution in [1.29, 1.82) is 0 Å². The Kier molecular flexibility index (Phi) is 5.42. The van der Waals surface area contributed by atoms with E-state index in [4.69, 9.17) is 9.47 Å². The zero-order chi connectivity index (χ0) is 23.2. The molecule has 0 saturated heterocycles. The minimum atomic E-state index is -1.22. The highest BCUT2D eigenvalue weighted by Crippen LogP contribution is 2.51. The lowest BCUT2D eigenvalue weighted by Crippen LogP contribution is -2.28. The molecular formula is C25H25N3O4S. The summed E-state index contributed by atoms with van der Waals surface area (Å²) >= 11 is 0. The predicted molar refractivity (Wildman–Crippen MR) is 127 cm³/mol. The SMILES string of the molecule is Cc1cc(NC(=O)C2(c3ccc4c(c3)OCO4)CC2)ncc1-c1cccc(S(=O)N(C)C)c1. The van der Waals surface area contributed by atoms with Crippen LogP contribution in [0.25, 0.3) is 11.1 Å². The van der Waals surface area contributed by atoms with Gasteiger partial charge in [-0.2, -0.15) is 0 Å². The number of pyridine rings is 1. The fourth-order valence-corrected chi connectivity index (χ4v) is 4.96. The van der Waals surface area contributed by atoms with E-state index in [9.17, 15) is 9.00 Å². The van der Waals surface area contributed by atoms with Crippen molar-refractivity contribution >= 4 is 22.7 Å². The third-order valence-electron chi connectivity index (χ3n) is 6.14. The molecule has 0 bridgehead atoms. The number of nitrogens with one attached hydrogen (secondary N) is 1. The van der Waals surface area contributed by atoms with Crippen LogP contribution in [0.5, 0.6) is 11.5 Å². The molecule has 1 saturated carbocycles. The third kappa shape index (κ3) is 4.00. The Labute approximate surface area is 195 Å². The highest BCUT2D eigenvalue weighted by Gasteiger charge is 2.51. The second-order valence-corrected chi connectivity index (χ2v) is 10.3. The molecule has 3 aromatic rings. The molecule has 2 aliphatic rings. The Morgan fingerprint density at radius 1 is 1.09 bits per heavy atom. The first-order chi connectivity index (χ1) is 15.9. The number of carbonyl (C=O) groups is 1. The molecule has 2 heterocycles. The Bertz CT molecular complexity index is 1270. The number of aromatic nitrogens is 1. The van der Waals surface area contributed by atoms with Gasteiger partial charge in [-0.3, -0.25) is 4.79 Å². The molecule has 33 heavy (non-hydrogen) atoms. The van der Waals surface area contributed by atoms with Crippen LogP contribution in [-0.2, 0) is 21.2 Å². The van der Waals surface area contributed by atoms with E-state index in [2.05, 4.69) is 10.3 Å². The third-order valence-corrected chi connectivity index (χ3v) is 7.46. The maximum atomic E-state index is 13.2. The fraction of sp³-hybridized carbons (Fsp3) is 0.280. The van der Waals surface area contributed by atoms with Gasteiger partial charge in [0.2, 0.25) is 12.7 Å². The number of ether oxygens (including phenoxy) is 2. The molecule has 2 aromatic carbocycles. The van der Waals surface area contributed by atoms with Crippen molar-refractivity contribution in [2.24, 2.45) is 0 Å². The number of nitrogens with zero attached hydrogens (tertiary/aromatic N) is 2. The number of carbonyl (C=O) groups excluding carboxylic acids is 1. The van der Waals surface area contributed by atoms with Crippen molar-refractivity contribution in [1.82, 2.24) is 9.29 Å². The fourth-order valence-electron chi connectivity index (χ4n) is 4.11. The summed E-state index contributed by atoms with van der Waals surface area (Å²) in [5.41, 5.74) is 3.22. The van der Waals surface area contributed by atoms with Gasteiger partial charge in [0.05, 0.1) is 10.3 Å². The second-order valence-electron chi connectivity index (χ2n) is 8.58. The van der Waals surface area contributed by atoms with E-state index < -0.39 is 16.4 Å². The van der Waals surface area contributed by atoms with E-state index in [0.29, 0.717) is 17.3 Å². The van der Waals surface area contributed by atoms with Gasteiger partial charge in [-0.25, -0.2) is 13.5 Å². The van der Waals surface area contributed by atoms with Crippen molar-refractivity contribution in [3.63, 3.8) is 0 Å². The monoisotopic (exact) mass is 463 g/mol. The summed E-state index contributed by atoms with van der Waals surface area (Å²) in [4.78, 5) is 18.4. The van der Waals surface area contributed by atoms with Gasteiger partial charge in [0, 0.05) is 11.8 Å². The molecule has 1 N–H and O–H groups in total. The van der Waals surface area contributed by atoms with Crippen molar-refractivity contribution in [3.8, 4) is 22.6 Å². The minimum Gasteiger partial charge on any atom is -0.454 e. The normalized spacial score (nSPS) is 16.5. The zero-order valence-corrected chi connectivity index (χ0v) is 19.6. The molecule has 1 unspecified atom stereocenters. The number of hydrogen-bond acceptors (Lipinski definition) is 5. The van der Waals surface area contributed by atoms with Gasteiger partial charge < -0.3 is 14.8 Å². The van der Waals surface area contributed by atoms with E-state index in [1.165, 1.54) is 0 Å². The van der Waals surface area contributed by atoms with Crippen LogP contribution < -0.4 is 14.8 Å². The number of aryl methyl sites for hydroxylation is 1. The lowest BCUT2D eigenvalue weighted by atomic mass is 9.94. The first-order valence-corrected chi connectivity index (χ1v) is 11.9. The lowest BCUT2D eigenvalue weighted by molar-refractivity contribution is -0.118. The number of fused-ring (bicyclic) bond motifs is 1. The lowest BCUT2D eigenvalue weighted by Gasteiger charge is -2.17. The molecule has 1 aliphatic carbocycles. The van der Waals surface area contributed by atoms with Gasteiger partial charge in [0.25, 0.3) is 0 Å². The van der Waals surface area contributed by atoms with E-state index >= 15 is 0 Å². The van der Waals surface area contributed by atoms with E-state index in [-0.39, 0.29) is 12.7 Å². The van der Waals surface area contributed by atoms with Gasteiger partial charge in [-0.05, 0) is 80.9 Å². The largest absolute Gasteiger partial charge is 0.454 e. The molecule has 170 valence electrons. The summed E-state index contributed by atoms with van der Waals surface area (Å²) in [6.07, 6.45) is 3.32. The Hall–Kier alpha value is -3.23. The maximum Gasteiger partial charge on any atom is 0.236 e. The van der Waals surface area contributed by atoms with Crippen LogP contribution in [-0.4, -0.2) is 40.3 Å². The van der Waals surface area contributed by atoms with Gasteiger partial charge in [0.1, 0.15) is 16.8 Å². The number of rotatable bonds is 6. The standard InChI is InChI=1S/C25H25N3O4S/c1-16-11-23(26-14-20(16)17-5-4-6-19(12-17)33(30)28(2)3)27-24(29)25(9-10-25)18-7-8-21-22(13-18)32-15-31-21/h4-8,11-14H,9-10,15H2,1-3H3,(H,26,27,29). The molecule has 5 rings (SSSR count). The summed E-state index contributed by atoms with van der Waals surface area (Å²) < 4.78 is 25.0. The van der Waals surface area contributed by atoms with Crippen molar-refractivity contribution in [3.05, 3.63) is 65.9 Å². The number of anilines is 1. The molecule has 1 aromatic heterocycles. The van der Waals surface area contributed by atoms with Crippen LogP contribution in [0.3, 0.4) is 0 Å². The van der Waals surface area contributed by atoms with Gasteiger partial charge in [-0.1, -0.05) is 18.2 Å². The van der Waals surface area contributed by atoms with Crippen LogP contribution in [0.1, 0.15) is 24.0 Å². The Morgan fingerprint density at radius 3 is 2.61 bits per heavy atom. The van der Waals surface area contributed by atoms with Gasteiger partial charge in [0.15, 0.2) is 11.5 Å². The van der Waals surface area contributed by atoms with Crippen molar-refractivity contribution < 1.29 is 18.5 Å². The first kappa shape index (κ1) is 21.6. The highest BCUT2D eigenvalue weighted by molar-refractivity contribution is 7.82. The molecule has 1 amide bonds. The minimum absolute atomic E-state index is 0.0654. The molecular weight excluding hydrogens is 438 g/mol. The molecule has 0 radical (unpaired) electrons. The summed E-state index contributed by atoms with van der Waals surface area (Å²) in [6.45, 7) is 2.19.